The monoisotopic (exact) mass is 334 g/mol. The van der Waals surface area contributed by atoms with E-state index in [-0.39, 0.29) is 0 Å². The van der Waals surface area contributed by atoms with Gasteiger partial charge in [0, 0.05) is 37.8 Å². The van der Waals surface area contributed by atoms with Crippen LogP contribution in [-0.4, -0.2) is 43.7 Å². The van der Waals surface area contributed by atoms with Crippen molar-refractivity contribution >= 4 is 5.82 Å². The topological polar surface area (TPSA) is 52.4 Å². The summed E-state index contributed by atoms with van der Waals surface area (Å²) in [6.45, 7) is 3.08. The summed E-state index contributed by atoms with van der Waals surface area (Å²) >= 11 is 0. The molecule has 5 nitrogen and oxygen atoms in total. The summed E-state index contributed by atoms with van der Waals surface area (Å²) in [6, 6.07) is 14.7. The van der Waals surface area contributed by atoms with Crippen molar-refractivity contribution in [2.75, 3.05) is 38.7 Å². The van der Waals surface area contributed by atoms with E-state index in [1.165, 1.54) is 5.56 Å². The number of fused-ring (bicyclic) bond motifs is 1. The lowest BCUT2D eigenvalue weighted by Crippen LogP contribution is -2.29. The highest BCUT2D eigenvalue weighted by Gasteiger charge is 2.46. The minimum atomic E-state index is 0.417. The lowest BCUT2D eigenvalue weighted by molar-refractivity contribution is 0.279. The molecule has 25 heavy (non-hydrogen) atoms. The molecule has 4 rings (SSSR count). The molecule has 1 aromatic carbocycles. The Morgan fingerprint density at radius 3 is 2.68 bits per heavy atom. The Morgan fingerprint density at radius 2 is 1.96 bits per heavy atom. The molecule has 0 radical (unpaired) electrons. The van der Waals surface area contributed by atoms with E-state index in [4.69, 9.17) is 10.00 Å². The van der Waals surface area contributed by atoms with Gasteiger partial charge < -0.3 is 9.64 Å². The van der Waals surface area contributed by atoms with Gasteiger partial charge in [0.25, 0.3) is 0 Å². The molecule has 0 spiro atoms. The van der Waals surface area contributed by atoms with Crippen LogP contribution in [0.2, 0.25) is 0 Å². The molecule has 0 bridgehead atoms. The van der Waals surface area contributed by atoms with Gasteiger partial charge in [-0.15, -0.1) is 0 Å². The molecule has 2 aromatic rings. The first-order valence-electron chi connectivity index (χ1n) is 8.65. The number of aromatic nitrogens is 1. The number of anilines is 1. The zero-order valence-corrected chi connectivity index (χ0v) is 14.6. The van der Waals surface area contributed by atoms with Gasteiger partial charge in [0.2, 0.25) is 0 Å². The predicted molar refractivity (Wildman–Crippen MR) is 96.5 cm³/mol. The highest BCUT2D eigenvalue weighted by Crippen LogP contribution is 2.45. The maximum absolute atomic E-state index is 9.12. The Kier molecular flexibility index (Phi) is 4.06. The van der Waals surface area contributed by atoms with Gasteiger partial charge in [0.1, 0.15) is 11.6 Å². The molecule has 3 atom stereocenters. The van der Waals surface area contributed by atoms with Crippen molar-refractivity contribution in [3.63, 3.8) is 0 Å². The second-order valence-corrected chi connectivity index (χ2v) is 7.00. The molecule has 2 aliphatic heterocycles. The second kappa shape index (κ2) is 6.38. The van der Waals surface area contributed by atoms with Crippen LogP contribution < -0.4 is 9.64 Å². The summed E-state index contributed by atoms with van der Waals surface area (Å²) in [5.41, 5.74) is 2.02. The van der Waals surface area contributed by atoms with Crippen molar-refractivity contribution in [3.05, 3.63) is 53.7 Å². The lowest BCUT2D eigenvalue weighted by atomic mass is 9.89. The summed E-state index contributed by atoms with van der Waals surface area (Å²) in [5, 5.41) is 9.12. The van der Waals surface area contributed by atoms with Crippen molar-refractivity contribution in [2.24, 2.45) is 11.8 Å². The quantitative estimate of drug-likeness (QED) is 0.864. The highest BCUT2D eigenvalue weighted by atomic mass is 16.5. The third kappa shape index (κ3) is 2.83. The molecular formula is C20H22N4O. The molecular weight excluding hydrogens is 312 g/mol. The summed E-state index contributed by atoms with van der Waals surface area (Å²) in [7, 11) is 3.91. The number of nitriles is 1. The van der Waals surface area contributed by atoms with E-state index in [0.29, 0.717) is 23.4 Å². The second-order valence-electron chi connectivity index (χ2n) is 7.00. The first-order chi connectivity index (χ1) is 12.2. The van der Waals surface area contributed by atoms with Crippen molar-refractivity contribution in [1.82, 2.24) is 9.88 Å². The molecule has 0 unspecified atom stereocenters. The van der Waals surface area contributed by atoms with Crippen LogP contribution in [0.5, 0.6) is 5.75 Å². The molecule has 0 amide bonds. The zero-order chi connectivity index (χ0) is 17.4. The van der Waals surface area contributed by atoms with Gasteiger partial charge in [-0.25, -0.2) is 4.98 Å². The van der Waals surface area contributed by atoms with Crippen molar-refractivity contribution in [2.45, 2.75) is 6.04 Å². The van der Waals surface area contributed by atoms with Gasteiger partial charge in [0.15, 0.2) is 0 Å². The summed E-state index contributed by atoms with van der Waals surface area (Å²) in [6.07, 6.45) is 1.73. The summed E-state index contributed by atoms with van der Waals surface area (Å²) < 4.78 is 5.29. The number of methoxy groups -OCH3 is 1. The third-order valence-corrected chi connectivity index (χ3v) is 5.55. The van der Waals surface area contributed by atoms with Crippen molar-refractivity contribution in [1.29, 1.82) is 5.26 Å². The van der Waals surface area contributed by atoms with E-state index in [1.54, 1.807) is 19.4 Å². The van der Waals surface area contributed by atoms with E-state index < -0.39 is 0 Å². The van der Waals surface area contributed by atoms with Crippen LogP contribution in [0.3, 0.4) is 0 Å². The smallest absolute Gasteiger partial charge is 0.129 e. The van der Waals surface area contributed by atoms with Gasteiger partial charge in [-0.1, -0.05) is 12.1 Å². The number of ether oxygens (including phenoxy) is 1. The first kappa shape index (κ1) is 15.9. The van der Waals surface area contributed by atoms with Gasteiger partial charge in [-0.3, -0.25) is 4.90 Å². The number of benzene rings is 1. The molecule has 1 aromatic heterocycles. The highest BCUT2D eigenvalue weighted by molar-refractivity contribution is 5.46. The molecule has 2 aliphatic rings. The van der Waals surface area contributed by atoms with E-state index in [0.717, 1.165) is 31.2 Å². The Labute approximate surface area is 148 Å². The average Bonchev–Trinajstić information content (AvgIpc) is 3.18. The van der Waals surface area contributed by atoms with Crippen LogP contribution in [0.25, 0.3) is 0 Å². The van der Waals surface area contributed by atoms with E-state index in [1.807, 2.05) is 18.2 Å². The lowest BCUT2D eigenvalue weighted by Gasteiger charge is -2.27. The molecule has 2 fully saturated rings. The van der Waals surface area contributed by atoms with Crippen LogP contribution in [-0.2, 0) is 0 Å². The van der Waals surface area contributed by atoms with E-state index >= 15 is 0 Å². The van der Waals surface area contributed by atoms with Crippen LogP contribution in [0.15, 0.2) is 42.6 Å². The van der Waals surface area contributed by atoms with Crippen LogP contribution >= 0.6 is 0 Å². The normalized spacial score (nSPS) is 25.6. The number of likely N-dealkylation sites (tertiary alicyclic amines) is 1. The zero-order valence-electron chi connectivity index (χ0n) is 14.6. The van der Waals surface area contributed by atoms with E-state index in [9.17, 15) is 0 Å². The fourth-order valence-corrected chi connectivity index (χ4v) is 4.41. The van der Waals surface area contributed by atoms with Gasteiger partial charge in [-0.05, 0) is 42.8 Å². The Hall–Kier alpha value is -2.58. The van der Waals surface area contributed by atoms with Crippen LogP contribution in [0, 0.1) is 23.2 Å². The minimum Gasteiger partial charge on any atom is -0.497 e. The molecule has 3 heterocycles. The molecule has 0 saturated carbocycles. The number of rotatable bonds is 3. The number of nitrogens with zero attached hydrogens (tertiary/aromatic N) is 4. The number of hydrogen-bond donors (Lipinski definition) is 0. The fraction of sp³-hybridized carbons (Fsp3) is 0.400. The average molecular weight is 334 g/mol. The largest absolute Gasteiger partial charge is 0.497 e. The third-order valence-electron chi connectivity index (χ3n) is 5.55. The van der Waals surface area contributed by atoms with Gasteiger partial charge >= 0.3 is 0 Å². The molecule has 2 saturated heterocycles. The Morgan fingerprint density at radius 1 is 1.16 bits per heavy atom. The number of pyridine rings is 1. The maximum Gasteiger partial charge on any atom is 0.129 e. The predicted octanol–water partition coefficient (Wildman–Crippen LogP) is 2.70. The standard InChI is InChI=1S/C20H22N4O/c1-23-11-16-12-24(19-9-14(10-21)7-8-22-19)13-18(16)20(23)15-3-5-17(25-2)6-4-15/h3-9,16,18,20H,11-13H2,1-2H3/t16-,18+,20+/m0/s1. The van der Waals surface area contributed by atoms with Crippen molar-refractivity contribution < 1.29 is 4.74 Å². The fourth-order valence-electron chi connectivity index (χ4n) is 4.41. The SMILES string of the molecule is COc1ccc([C@@H]2[C@@H]3CN(c4cc(C#N)ccn4)C[C@@H]3CN2C)cc1. The van der Waals surface area contributed by atoms with Gasteiger partial charge in [-0.2, -0.15) is 5.26 Å². The Balaban J connectivity index is 1.57. The van der Waals surface area contributed by atoms with Crippen LogP contribution in [0.4, 0.5) is 5.82 Å². The number of hydrogen-bond acceptors (Lipinski definition) is 5. The summed E-state index contributed by atoms with van der Waals surface area (Å²) in [4.78, 5) is 9.28. The van der Waals surface area contributed by atoms with Crippen molar-refractivity contribution in [3.8, 4) is 11.8 Å². The molecule has 5 heteroatoms. The molecule has 128 valence electrons. The Bertz CT molecular complexity index is 798. The maximum atomic E-state index is 9.12. The first-order valence-corrected chi connectivity index (χ1v) is 8.65. The molecule has 0 N–H and O–H groups in total. The van der Waals surface area contributed by atoms with Crippen LogP contribution in [0.1, 0.15) is 17.2 Å². The molecule has 0 aliphatic carbocycles. The minimum absolute atomic E-state index is 0.417. The van der Waals surface area contributed by atoms with E-state index in [2.05, 4.69) is 40.0 Å². The summed E-state index contributed by atoms with van der Waals surface area (Å²) in [5.74, 6) is 3.02. The van der Waals surface area contributed by atoms with Gasteiger partial charge in [0.05, 0.1) is 18.7 Å².